The number of anilines is 2. The van der Waals surface area contributed by atoms with Crippen LogP contribution in [-0.4, -0.2) is 0 Å². The molecule has 0 atom stereocenters. The molecule has 0 fully saturated rings. The Labute approximate surface area is 189 Å². The van der Waals surface area contributed by atoms with Crippen molar-refractivity contribution in [3.63, 3.8) is 0 Å². The lowest BCUT2D eigenvalue weighted by atomic mass is 9.82. The Morgan fingerprint density at radius 1 is 0.531 bits per heavy atom. The van der Waals surface area contributed by atoms with E-state index in [-0.39, 0.29) is 5.41 Å². The quantitative estimate of drug-likeness (QED) is 0.313. The molecule has 1 heteroatoms. The molecule has 0 bridgehead atoms. The molecule has 0 aliphatic heterocycles. The van der Waals surface area contributed by atoms with Crippen molar-refractivity contribution < 1.29 is 0 Å². The Hall–Kier alpha value is -3.84. The van der Waals surface area contributed by atoms with Gasteiger partial charge in [-0.05, 0) is 57.0 Å². The first-order valence-corrected chi connectivity index (χ1v) is 11.2. The average molecular weight is 412 g/mol. The summed E-state index contributed by atoms with van der Waals surface area (Å²) in [5, 5.41) is 6.21. The van der Waals surface area contributed by atoms with Gasteiger partial charge in [0.15, 0.2) is 0 Å². The van der Waals surface area contributed by atoms with Crippen LogP contribution in [0.4, 0.5) is 11.4 Å². The first kappa shape index (κ1) is 18.9. The van der Waals surface area contributed by atoms with Gasteiger partial charge in [0.05, 0.1) is 0 Å². The molecule has 6 rings (SSSR count). The molecule has 5 aromatic rings. The summed E-state index contributed by atoms with van der Waals surface area (Å²) in [7, 11) is 0. The maximum atomic E-state index is 3.72. The number of nitrogens with one attached hydrogen (secondary N) is 1. The Bertz CT molecular complexity index is 1460. The highest BCUT2D eigenvalue weighted by molar-refractivity contribution is 6.04. The molecule has 0 aromatic heterocycles. The van der Waals surface area contributed by atoms with Gasteiger partial charge in [-0.3, -0.25) is 0 Å². The molecule has 0 spiro atoms. The summed E-state index contributed by atoms with van der Waals surface area (Å²) in [6, 6.07) is 39.3. The highest BCUT2D eigenvalue weighted by Crippen LogP contribution is 2.49. The van der Waals surface area contributed by atoms with Crippen molar-refractivity contribution in [2.45, 2.75) is 19.3 Å². The van der Waals surface area contributed by atoms with E-state index in [1.54, 1.807) is 0 Å². The van der Waals surface area contributed by atoms with Gasteiger partial charge >= 0.3 is 0 Å². The molecule has 32 heavy (non-hydrogen) atoms. The van der Waals surface area contributed by atoms with E-state index in [9.17, 15) is 0 Å². The Balaban J connectivity index is 1.43. The minimum atomic E-state index is 0.00283. The summed E-state index contributed by atoms with van der Waals surface area (Å²) >= 11 is 0. The van der Waals surface area contributed by atoms with E-state index < -0.39 is 0 Å². The van der Waals surface area contributed by atoms with Crippen molar-refractivity contribution in [3.8, 4) is 22.3 Å². The third-order valence-electron chi connectivity index (χ3n) is 6.87. The number of hydrogen-bond donors (Lipinski definition) is 1. The summed E-state index contributed by atoms with van der Waals surface area (Å²) in [6.07, 6.45) is 0. The predicted molar refractivity (Wildman–Crippen MR) is 137 cm³/mol. The van der Waals surface area contributed by atoms with E-state index in [1.165, 1.54) is 44.2 Å². The third-order valence-corrected chi connectivity index (χ3v) is 6.87. The molecule has 0 amide bonds. The molecule has 1 nitrogen and oxygen atoms in total. The highest BCUT2D eigenvalue weighted by atomic mass is 14.9. The van der Waals surface area contributed by atoms with Gasteiger partial charge in [0, 0.05) is 22.2 Å². The fourth-order valence-electron chi connectivity index (χ4n) is 5.22. The summed E-state index contributed by atoms with van der Waals surface area (Å²) in [5.41, 5.74) is 10.3. The van der Waals surface area contributed by atoms with Crippen LogP contribution in [0.25, 0.3) is 33.0 Å². The lowest BCUT2D eigenvalue weighted by Crippen LogP contribution is -2.15. The smallest absolute Gasteiger partial charge is 0.0464 e. The molecule has 0 unspecified atom stereocenters. The van der Waals surface area contributed by atoms with Crippen LogP contribution in [0.2, 0.25) is 0 Å². The first-order valence-electron chi connectivity index (χ1n) is 11.2. The number of hydrogen-bond acceptors (Lipinski definition) is 1. The van der Waals surface area contributed by atoms with Gasteiger partial charge in [-0.2, -0.15) is 0 Å². The second kappa shape index (κ2) is 7.10. The van der Waals surface area contributed by atoms with Crippen molar-refractivity contribution in [1.82, 2.24) is 0 Å². The fraction of sp³-hybridized carbons (Fsp3) is 0.0968. The van der Waals surface area contributed by atoms with Crippen molar-refractivity contribution in [1.29, 1.82) is 0 Å². The van der Waals surface area contributed by atoms with Gasteiger partial charge < -0.3 is 5.32 Å². The predicted octanol–water partition coefficient (Wildman–Crippen LogP) is 8.56. The molecule has 154 valence electrons. The summed E-state index contributed by atoms with van der Waals surface area (Å²) in [4.78, 5) is 0. The van der Waals surface area contributed by atoms with Gasteiger partial charge in [-0.1, -0.05) is 105 Å². The molecule has 0 radical (unpaired) electrons. The van der Waals surface area contributed by atoms with Gasteiger partial charge in [0.25, 0.3) is 0 Å². The minimum Gasteiger partial charge on any atom is -0.355 e. The fourth-order valence-corrected chi connectivity index (χ4v) is 5.22. The van der Waals surface area contributed by atoms with Crippen LogP contribution in [0.5, 0.6) is 0 Å². The van der Waals surface area contributed by atoms with E-state index in [1.807, 2.05) is 0 Å². The van der Waals surface area contributed by atoms with Crippen LogP contribution in [0.3, 0.4) is 0 Å². The second-order valence-corrected chi connectivity index (χ2v) is 9.13. The number of fused-ring (bicyclic) bond motifs is 4. The van der Waals surface area contributed by atoms with Crippen LogP contribution in [0.1, 0.15) is 25.0 Å². The SMILES string of the molecule is CC1(C)c2ccccc2-c2ccc(Nc3ccc(-c4ccccc4)c4ccccc34)cc21. The normalized spacial score (nSPS) is 13.6. The van der Waals surface area contributed by atoms with Crippen molar-refractivity contribution in [3.05, 3.63) is 120 Å². The molecule has 0 heterocycles. The largest absolute Gasteiger partial charge is 0.355 e. The van der Waals surface area contributed by atoms with E-state index in [0.29, 0.717) is 0 Å². The van der Waals surface area contributed by atoms with Crippen molar-refractivity contribution >= 4 is 22.1 Å². The van der Waals surface area contributed by atoms with Gasteiger partial charge in [0.2, 0.25) is 0 Å². The van der Waals surface area contributed by atoms with Crippen LogP contribution >= 0.6 is 0 Å². The second-order valence-electron chi connectivity index (χ2n) is 9.13. The Morgan fingerprint density at radius 3 is 2.03 bits per heavy atom. The monoisotopic (exact) mass is 411 g/mol. The van der Waals surface area contributed by atoms with Gasteiger partial charge in [0.1, 0.15) is 0 Å². The topological polar surface area (TPSA) is 12.0 Å². The zero-order chi connectivity index (χ0) is 21.7. The van der Waals surface area contributed by atoms with Crippen LogP contribution in [-0.2, 0) is 5.41 Å². The zero-order valence-corrected chi connectivity index (χ0v) is 18.4. The summed E-state index contributed by atoms with van der Waals surface area (Å²) in [6.45, 7) is 4.65. The van der Waals surface area contributed by atoms with Crippen LogP contribution < -0.4 is 5.32 Å². The van der Waals surface area contributed by atoms with Crippen LogP contribution in [0, 0.1) is 0 Å². The maximum absolute atomic E-state index is 3.72. The van der Waals surface area contributed by atoms with E-state index in [2.05, 4.69) is 128 Å². The standard InChI is InChI=1S/C31H25N/c1-31(2)28-15-9-8-13-25(28)26-17-16-22(20-29(26)31)32-30-19-18-23(21-10-4-3-5-11-21)24-12-6-7-14-27(24)30/h3-20,32H,1-2H3. The van der Waals surface area contributed by atoms with Crippen molar-refractivity contribution in [2.75, 3.05) is 5.32 Å². The van der Waals surface area contributed by atoms with E-state index in [0.717, 1.165) is 11.4 Å². The van der Waals surface area contributed by atoms with E-state index >= 15 is 0 Å². The number of rotatable bonds is 3. The molecule has 0 saturated carbocycles. The van der Waals surface area contributed by atoms with E-state index in [4.69, 9.17) is 0 Å². The number of benzene rings is 5. The Morgan fingerprint density at radius 2 is 1.19 bits per heavy atom. The average Bonchev–Trinajstić information content (AvgIpc) is 3.07. The molecule has 1 aliphatic carbocycles. The zero-order valence-electron chi connectivity index (χ0n) is 18.4. The molecule has 0 saturated heterocycles. The maximum Gasteiger partial charge on any atom is 0.0464 e. The summed E-state index contributed by atoms with van der Waals surface area (Å²) in [5.74, 6) is 0. The van der Waals surface area contributed by atoms with Crippen molar-refractivity contribution in [2.24, 2.45) is 0 Å². The van der Waals surface area contributed by atoms with Gasteiger partial charge in [-0.15, -0.1) is 0 Å². The van der Waals surface area contributed by atoms with Crippen LogP contribution in [0.15, 0.2) is 109 Å². The molecule has 1 N–H and O–H groups in total. The highest BCUT2D eigenvalue weighted by Gasteiger charge is 2.35. The molecular formula is C31H25N. The Kier molecular flexibility index (Phi) is 4.19. The minimum absolute atomic E-state index is 0.00283. The van der Waals surface area contributed by atoms with Gasteiger partial charge in [-0.25, -0.2) is 0 Å². The lowest BCUT2D eigenvalue weighted by Gasteiger charge is -2.22. The molecular weight excluding hydrogens is 386 g/mol. The molecule has 1 aliphatic rings. The third kappa shape index (κ3) is 2.85. The lowest BCUT2D eigenvalue weighted by molar-refractivity contribution is 0.660. The molecule has 5 aromatic carbocycles. The first-order chi connectivity index (χ1) is 15.6. The summed E-state index contributed by atoms with van der Waals surface area (Å²) < 4.78 is 0.